The van der Waals surface area contributed by atoms with E-state index in [1.165, 1.54) is 29.2 Å². The van der Waals surface area contributed by atoms with Crippen LogP contribution >= 0.6 is 0 Å². The quantitative estimate of drug-likeness (QED) is 0.121. The number of rotatable bonds is 10. The number of aromatic nitrogens is 1. The van der Waals surface area contributed by atoms with Gasteiger partial charge < -0.3 is 41.2 Å². The molecule has 0 aliphatic carbocycles. The summed E-state index contributed by atoms with van der Waals surface area (Å²) in [7, 11) is 0. The molecule has 0 bridgehead atoms. The number of fused-ring (bicyclic) bond motifs is 2. The number of halogens is 1. The van der Waals surface area contributed by atoms with Crippen LogP contribution in [0.3, 0.4) is 0 Å². The van der Waals surface area contributed by atoms with Crippen LogP contribution in [0.5, 0.6) is 0 Å². The van der Waals surface area contributed by atoms with E-state index in [9.17, 15) is 33.2 Å². The predicted octanol–water partition coefficient (Wildman–Crippen LogP) is 4.21. The molecule has 0 saturated carbocycles. The van der Waals surface area contributed by atoms with Crippen molar-refractivity contribution >= 4 is 46.3 Å². The van der Waals surface area contributed by atoms with Gasteiger partial charge in [-0.25, -0.2) is 4.39 Å². The molecule has 346 valence electrons. The summed E-state index contributed by atoms with van der Waals surface area (Å²) >= 11 is 0. The van der Waals surface area contributed by atoms with Gasteiger partial charge in [-0.1, -0.05) is 91.0 Å². The lowest BCUT2D eigenvalue weighted by Crippen LogP contribution is -2.63. The minimum absolute atomic E-state index is 0.0202. The van der Waals surface area contributed by atoms with Crippen LogP contribution < -0.4 is 26.6 Å². The zero-order valence-electron chi connectivity index (χ0n) is 37.6. The van der Waals surface area contributed by atoms with Gasteiger partial charge in [-0.15, -0.1) is 0 Å². The maximum atomic E-state index is 14.8. The second-order valence-corrected chi connectivity index (χ2v) is 18.1. The van der Waals surface area contributed by atoms with Crippen LogP contribution in [0.1, 0.15) is 62.8 Å². The van der Waals surface area contributed by atoms with E-state index in [4.69, 9.17) is 4.74 Å². The minimum atomic E-state index is -1.40. The Hall–Kier alpha value is -6.87. The number of benzene rings is 4. The van der Waals surface area contributed by atoms with E-state index in [1.807, 2.05) is 84.9 Å². The largest absolute Gasteiger partial charge is 0.370 e. The summed E-state index contributed by atoms with van der Waals surface area (Å²) < 4.78 is 20.4. The third-order valence-electron chi connectivity index (χ3n) is 12.0. The van der Waals surface area contributed by atoms with Gasteiger partial charge in [0.05, 0.1) is 11.7 Å². The van der Waals surface area contributed by atoms with Gasteiger partial charge in [0.2, 0.25) is 35.4 Å². The van der Waals surface area contributed by atoms with Crippen LogP contribution in [-0.4, -0.2) is 99.8 Å². The molecule has 0 radical (unpaired) electrons. The maximum absolute atomic E-state index is 14.8. The van der Waals surface area contributed by atoms with Gasteiger partial charge in [-0.3, -0.25) is 28.8 Å². The monoisotopic (exact) mass is 899 g/mol. The van der Waals surface area contributed by atoms with Gasteiger partial charge in [-0.2, -0.15) is 0 Å². The minimum Gasteiger partial charge on any atom is -0.370 e. The normalized spacial score (nSPS) is 23.1. The molecule has 4 aromatic carbocycles. The number of carbonyl (C=O) groups is 6. The Morgan fingerprint density at radius 2 is 1.11 bits per heavy atom. The predicted molar refractivity (Wildman–Crippen MR) is 247 cm³/mol. The van der Waals surface area contributed by atoms with Crippen molar-refractivity contribution in [2.75, 3.05) is 6.54 Å². The molecule has 6 N–H and O–H groups in total. The van der Waals surface area contributed by atoms with Gasteiger partial charge >= 0.3 is 0 Å². The summed E-state index contributed by atoms with van der Waals surface area (Å²) in [5.41, 5.74) is 2.70. The highest BCUT2D eigenvalue weighted by molar-refractivity contribution is 5.99. The standard InChI is InChI=1S/C51H58FN7O7/c1-31(66-51(2,3)4)44-49(64)57-42(28-33-16-9-6-10-17-33)50(65)59-25-13-20-43(59)48(63)56-39(26-32-14-7-5-8-15-32)45(60)55-41(29-35-30-53-38-19-12-11-18-37(35)38)46(61)54-40(47(62)58-44)27-34-21-23-36(52)24-22-34/h5-12,14-19,21-24,30-31,39-44,53H,13,20,25-29H2,1-4H3,(H,54,61)(H,55,60)(H,56,63)(H,57,64)(H,58,62)/t31-,39+,40+,41-,42+,43+,44+/m1/s1. The smallest absolute Gasteiger partial charge is 0.246 e. The van der Waals surface area contributed by atoms with Crippen molar-refractivity contribution in [3.63, 3.8) is 0 Å². The molecule has 7 atom stereocenters. The topological polar surface area (TPSA) is 191 Å². The molecular formula is C51H58FN7O7. The van der Waals surface area contributed by atoms with Crippen molar-refractivity contribution < 1.29 is 37.9 Å². The molecule has 1 aromatic heterocycles. The first-order valence-corrected chi connectivity index (χ1v) is 22.5. The van der Waals surface area contributed by atoms with E-state index in [1.54, 1.807) is 33.9 Å². The number of carbonyl (C=O) groups excluding carboxylic acids is 6. The lowest BCUT2D eigenvalue weighted by molar-refractivity contribution is -0.144. The molecule has 2 saturated heterocycles. The number of aromatic amines is 1. The molecule has 3 heterocycles. The maximum Gasteiger partial charge on any atom is 0.246 e. The highest BCUT2D eigenvalue weighted by atomic mass is 19.1. The summed E-state index contributed by atoms with van der Waals surface area (Å²) in [5.74, 6) is -4.45. The first-order chi connectivity index (χ1) is 31.6. The van der Waals surface area contributed by atoms with Crippen molar-refractivity contribution in [1.29, 1.82) is 0 Å². The molecule has 14 nitrogen and oxygen atoms in total. The van der Waals surface area contributed by atoms with Gasteiger partial charge in [0.15, 0.2) is 0 Å². The van der Waals surface area contributed by atoms with E-state index in [0.29, 0.717) is 24.0 Å². The van der Waals surface area contributed by atoms with Gasteiger partial charge in [0, 0.05) is 49.3 Å². The Labute approximate surface area is 383 Å². The average molecular weight is 900 g/mol. The van der Waals surface area contributed by atoms with E-state index in [2.05, 4.69) is 31.6 Å². The number of para-hydroxylation sites is 1. The molecule has 2 fully saturated rings. The zero-order valence-corrected chi connectivity index (χ0v) is 37.6. The van der Waals surface area contributed by atoms with Crippen LogP contribution in [0, 0.1) is 5.82 Å². The van der Waals surface area contributed by atoms with Gasteiger partial charge in [0.25, 0.3) is 0 Å². The van der Waals surface area contributed by atoms with Crippen molar-refractivity contribution in [2.45, 2.75) is 114 Å². The van der Waals surface area contributed by atoms with Crippen LogP contribution in [0.4, 0.5) is 4.39 Å². The molecule has 7 rings (SSSR count). The molecule has 15 heteroatoms. The number of ether oxygens (including phenoxy) is 1. The molecule has 0 spiro atoms. The Kier molecular flexibility index (Phi) is 15.0. The Morgan fingerprint density at radius 1 is 0.606 bits per heavy atom. The summed E-state index contributed by atoms with van der Waals surface area (Å²) in [6, 6.07) is 23.7. The number of hydrogen-bond donors (Lipinski definition) is 6. The lowest BCUT2D eigenvalue weighted by Gasteiger charge is -2.34. The number of amides is 6. The molecule has 66 heavy (non-hydrogen) atoms. The van der Waals surface area contributed by atoms with E-state index < -0.39 is 89.2 Å². The zero-order chi connectivity index (χ0) is 47.0. The van der Waals surface area contributed by atoms with E-state index in [-0.39, 0.29) is 32.2 Å². The lowest BCUT2D eigenvalue weighted by atomic mass is 9.99. The molecule has 5 aromatic rings. The fourth-order valence-corrected chi connectivity index (χ4v) is 8.76. The Morgan fingerprint density at radius 3 is 1.71 bits per heavy atom. The van der Waals surface area contributed by atoms with Crippen LogP contribution in [0.2, 0.25) is 0 Å². The third kappa shape index (κ3) is 12.1. The molecular weight excluding hydrogens is 842 g/mol. The molecule has 2 aliphatic heterocycles. The van der Waals surface area contributed by atoms with E-state index >= 15 is 0 Å². The van der Waals surface area contributed by atoms with Crippen LogP contribution in [0.25, 0.3) is 10.9 Å². The number of nitrogens with one attached hydrogen (secondary N) is 6. The first-order valence-electron chi connectivity index (χ1n) is 22.5. The summed E-state index contributed by atoms with van der Waals surface area (Å²) in [5, 5.41) is 15.2. The summed E-state index contributed by atoms with van der Waals surface area (Å²) in [4.78, 5) is 92.8. The fraction of sp³-hybridized carbons (Fsp3) is 0.373. The van der Waals surface area contributed by atoms with Crippen molar-refractivity contribution in [3.05, 3.63) is 143 Å². The highest BCUT2D eigenvalue weighted by Crippen LogP contribution is 2.23. The molecule has 0 unspecified atom stereocenters. The van der Waals surface area contributed by atoms with Crippen LogP contribution in [0.15, 0.2) is 115 Å². The summed E-state index contributed by atoms with van der Waals surface area (Å²) in [6.07, 6.45) is 1.54. The van der Waals surface area contributed by atoms with Crippen molar-refractivity contribution in [2.24, 2.45) is 0 Å². The molecule has 6 amide bonds. The Balaban J connectivity index is 1.32. The average Bonchev–Trinajstić information content (AvgIpc) is 3.95. The van der Waals surface area contributed by atoms with Crippen molar-refractivity contribution in [1.82, 2.24) is 36.5 Å². The van der Waals surface area contributed by atoms with E-state index in [0.717, 1.165) is 22.0 Å². The third-order valence-corrected chi connectivity index (χ3v) is 12.0. The second kappa shape index (κ2) is 21.0. The van der Waals surface area contributed by atoms with Gasteiger partial charge in [-0.05, 0) is 81.0 Å². The first kappa shape index (κ1) is 47.1. The van der Waals surface area contributed by atoms with Crippen molar-refractivity contribution in [3.8, 4) is 0 Å². The second-order valence-electron chi connectivity index (χ2n) is 18.1. The number of hydrogen-bond acceptors (Lipinski definition) is 7. The number of nitrogens with zero attached hydrogens (tertiary/aromatic N) is 1. The van der Waals surface area contributed by atoms with Gasteiger partial charge in [0.1, 0.15) is 42.1 Å². The van der Waals surface area contributed by atoms with Crippen LogP contribution in [-0.2, 0) is 59.2 Å². The summed E-state index contributed by atoms with van der Waals surface area (Å²) in [6.45, 7) is 7.25. The highest BCUT2D eigenvalue weighted by Gasteiger charge is 2.42. The fourth-order valence-electron chi connectivity index (χ4n) is 8.76. The molecule has 2 aliphatic rings. The number of H-pyrrole nitrogens is 1. The Bertz CT molecular complexity index is 2510. The SMILES string of the molecule is C[C@@H](OC(C)(C)C)[C@@H]1NC(=O)[C@H](Cc2ccc(F)cc2)NC(=O)[C@@H](Cc2c[nH]c3ccccc23)NC(=O)[C@H](Cc2ccccc2)NC(=O)[C@@H]2CCCN2C(=O)[C@H](Cc2ccccc2)NC1=O.